The minimum Gasteiger partial charge on any atom is -0.478 e. The van der Waals surface area contributed by atoms with Crippen molar-refractivity contribution < 1.29 is 20.1 Å². The van der Waals surface area contributed by atoms with Gasteiger partial charge in [-0.25, -0.2) is 4.79 Å². The Morgan fingerprint density at radius 2 is 1.38 bits per heavy atom. The Morgan fingerprint density at radius 1 is 0.833 bits per heavy atom. The zero-order valence-corrected chi connectivity index (χ0v) is 14.4. The molecule has 4 nitrogen and oxygen atoms in total. The number of aliphatic hydroxyl groups is 2. The molecule has 0 aliphatic rings. The molecule has 0 saturated heterocycles. The lowest BCUT2D eigenvalue weighted by molar-refractivity contribution is -0.131. The minimum absolute atomic E-state index is 0.562. The number of carbonyl (C=O) groups is 1. The van der Waals surface area contributed by atoms with Crippen LogP contribution in [0.4, 0.5) is 0 Å². The summed E-state index contributed by atoms with van der Waals surface area (Å²) in [5.74, 6) is -0.966. The van der Waals surface area contributed by atoms with Gasteiger partial charge in [-0.1, -0.05) is 80.9 Å². The largest absolute Gasteiger partial charge is 0.478 e. The molecule has 2 unspecified atom stereocenters. The maximum absolute atomic E-state index is 10.2. The van der Waals surface area contributed by atoms with Crippen molar-refractivity contribution in [1.29, 1.82) is 0 Å². The van der Waals surface area contributed by atoms with Crippen LogP contribution in [0.2, 0.25) is 0 Å². The number of hydrogen-bond donors (Lipinski definition) is 3. The van der Waals surface area contributed by atoms with E-state index in [1.807, 2.05) is 30.4 Å². The molecule has 134 valence electrons. The maximum Gasteiger partial charge on any atom is 0.328 e. The summed E-state index contributed by atoms with van der Waals surface area (Å²) >= 11 is 0. The van der Waals surface area contributed by atoms with E-state index in [2.05, 4.69) is 6.92 Å². The standard InChI is InChI=1S/C20H30O4/c1-2-3-12-15-18(21)19(22)16-13-10-8-6-4-5-7-9-11-14-17-20(23)24/h4-11,14,17-19,21-22H,2-3,12-13,15-16H2,1H3,(H,23,24). The van der Waals surface area contributed by atoms with E-state index in [1.165, 1.54) is 6.08 Å². The average Bonchev–Trinajstić information content (AvgIpc) is 2.55. The number of unbranched alkanes of at least 4 members (excludes halogenated alkanes) is 2. The van der Waals surface area contributed by atoms with Crippen molar-refractivity contribution in [3.63, 3.8) is 0 Å². The van der Waals surface area contributed by atoms with Crippen LogP contribution in [0, 0.1) is 0 Å². The van der Waals surface area contributed by atoms with Gasteiger partial charge in [0.1, 0.15) is 0 Å². The van der Waals surface area contributed by atoms with Gasteiger partial charge in [0.25, 0.3) is 0 Å². The molecule has 0 rings (SSSR count). The molecule has 0 aromatic rings. The molecule has 0 aromatic carbocycles. The summed E-state index contributed by atoms with van der Waals surface area (Å²) in [5, 5.41) is 28.0. The van der Waals surface area contributed by atoms with Crippen LogP contribution in [-0.4, -0.2) is 33.5 Å². The highest BCUT2D eigenvalue weighted by molar-refractivity contribution is 5.80. The van der Waals surface area contributed by atoms with Crippen molar-refractivity contribution in [1.82, 2.24) is 0 Å². The molecular formula is C20H30O4. The summed E-state index contributed by atoms with van der Waals surface area (Å²) in [5.41, 5.74) is 0. The van der Waals surface area contributed by atoms with Crippen molar-refractivity contribution in [2.24, 2.45) is 0 Å². The Morgan fingerprint density at radius 3 is 1.96 bits per heavy atom. The van der Waals surface area contributed by atoms with E-state index in [0.29, 0.717) is 12.8 Å². The van der Waals surface area contributed by atoms with Gasteiger partial charge < -0.3 is 15.3 Å². The highest BCUT2D eigenvalue weighted by Gasteiger charge is 2.14. The lowest BCUT2D eigenvalue weighted by atomic mass is 10.0. The molecular weight excluding hydrogens is 304 g/mol. The molecule has 3 N–H and O–H groups in total. The van der Waals surface area contributed by atoms with E-state index >= 15 is 0 Å². The molecule has 2 atom stereocenters. The van der Waals surface area contributed by atoms with Crippen molar-refractivity contribution >= 4 is 5.97 Å². The van der Waals surface area contributed by atoms with Crippen molar-refractivity contribution in [3.8, 4) is 0 Å². The highest BCUT2D eigenvalue weighted by Crippen LogP contribution is 2.10. The van der Waals surface area contributed by atoms with E-state index in [4.69, 9.17) is 5.11 Å². The number of aliphatic carboxylic acids is 1. The summed E-state index contributed by atoms with van der Waals surface area (Å²) < 4.78 is 0. The van der Waals surface area contributed by atoms with Crippen molar-refractivity contribution in [2.45, 2.75) is 57.7 Å². The molecule has 0 aromatic heterocycles. The fourth-order valence-electron chi connectivity index (χ4n) is 1.95. The van der Waals surface area contributed by atoms with E-state index in [1.54, 1.807) is 18.2 Å². The zero-order chi connectivity index (χ0) is 18.0. The maximum atomic E-state index is 10.2. The van der Waals surface area contributed by atoms with E-state index in [0.717, 1.165) is 31.8 Å². The summed E-state index contributed by atoms with van der Waals surface area (Å²) in [4.78, 5) is 10.2. The number of hydrogen-bond acceptors (Lipinski definition) is 3. The second-order valence-corrected chi connectivity index (χ2v) is 5.49. The van der Waals surface area contributed by atoms with Gasteiger partial charge in [-0.2, -0.15) is 0 Å². The SMILES string of the molecule is CCCCCC(O)C(O)CCC=CC=CC=CC=CC=CC(=O)O. The van der Waals surface area contributed by atoms with Gasteiger partial charge in [-0.15, -0.1) is 0 Å². The molecule has 0 fully saturated rings. The van der Waals surface area contributed by atoms with Crippen LogP contribution in [0.15, 0.2) is 60.8 Å². The smallest absolute Gasteiger partial charge is 0.328 e. The lowest BCUT2D eigenvalue weighted by Crippen LogP contribution is -2.25. The van der Waals surface area contributed by atoms with E-state index < -0.39 is 18.2 Å². The number of rotatable bonds is 13. The quantitative estimate of drug-likeness (QED) is 0.271. The molecule has 0 saturated carbocycles. The molecule has 0 spiro atoms. The van der Waals surface area contributed by atoms with Crippen molar-refractivity contribution in [3.05, 3.63) is 60.8 Å². The fourth-order valence-corrected chi connectivity index (χ4v) is 1.95. The molecule has 0 aliphatic heterocycles. The Kier molecular flexibility index (Phi) is 14.7. The van der Waals surface area contributed by atoms with Crippen LogP contribution in [0.25, 0.3) is 0 Å². The van der Waals surface area contributed by atoms with Gasteiger partial charge in [0.2, 0.25) is 0 Å². The molecule has 0 amide bonds. The highest BCUT2D eigenvalue weighted by atomic mass is 16.4. The van der Waals surface area contributed by atoms with Crippen LogP contribution in [0.3, 0.4) is 0 Å². The molecule has 4 heteroatoms. The predicted octanol–water partition coefficient (Wildman–Crippen LogP) is 3.93. The molecule has 0 aliphatic carbocycles. The minimum atomic E-state index is -0.966. The van der Waals surface area contributed by atoms with E-state index in [9.17, 15) is 15.0 Å². The second-order valence-electron chi connectivity index (χ2n) is 5.49. The fraction of sp³-hybridized carbons (Fsp3) is 0.450. The Balaban J connectivity index is 3.82. The first-order chi connectivity index (χ1) is 11.6. The molecule has 0 heterocycles. The number of carboxylic acids is 1. The first-order valence-electron chi connectivity index (χ1n) is 8.50. The first kappa shape index (κ1) is 22.1. The molecule has 24 heavy (non-hydrogen) atoms. The van der Waals surface area contributed by atoms with Crippen LogP contribution in [-0.2, 0) is 4.79 Å². The molecule has 0 radical (unpaired) electrons. The Hall–Kier alpha value is -1.91. The predicted molar refractivity (Wildman–Crippen MR) is 98.7 cm³/mol. The first-order valence-corrected chi connectivity index (χ1v) is 8.50. The topological polar surface area (TPSA) is 77.8 Å². The normalized spacial score (nSPS) is 15.5. The third kappa shape index (κ3) is 15.0. The average molecular weight is 334 g/mol. The number of aliphatic hydroxyl groups excluding tert-OH is 2. The van der Waals surface area contributed by atoms with Gasteiger partial charge in [0.05, 0.1) is 12.2 Å². The number of allylic oxidation sites excluding steroid dienone is 9. The van der Waals surface area contributed by atoms with Gasteiger partial charge in [0.15, 0.2) is 0 Å². The van der Waals surface area contributed by atoms with Gasteiger partial charge in [0, 0.05) is 6.08 Å². The van der Waals surface area contributed by atoms with Gasteiger partial charge in [-0.05, 0) is 19.3 Å². The Labute approximate surface area is 145 Å². The summed E-state index contributed by atoms with van der Waals surface area (Å²) in [6.07, 6.45) is 21.0. The Bertz CT molecular complexity index is 458. The monoisotopic (exact) mass is 334 g/mol. The van der Waals surface area contributed by atoms with Gasteiger partial charge in [-0.3, -0.25) is 0 Å². The third-order valence-electron chi connectivity index (χ3n) is 3.33. The molecule has 0 bridgehead atoms. The third-order valence-corrected chi connectivity index (χ3v) is 3.33. The van der Waals surface area contributed by atoms with Crippen LogP contribution < -0.4 is 0 Å². The number of carboxylic acid groups (broad SMARTS) is 1. The summed E-state index contributed by atoms with van der Waals surface area (Å²) in [6, 6.07) is 0. The van der Waals surface area contributed by atoms with Crippen LogP contribution in [0.5, 0.6) is 0 Å². The summed E-state index contributed by atoms with van der Waals surface area (Å²) in [6.45, 7) is 2.11. The zero-order valence-electron chi connectivity index (χ0n) is 14.4. The van der Waals surface area contributed by atoms with Crippen molar-refractivity contribution in [2.75, 3.05) is 0 Å². The summed E-state index contributed by atoms with van der Waals surface area (Å²) in [7, 11) is 0. The lowest BCUT2D eigenvalue weighted by Gasteiger charge is -2.16. The van der Waals surface area contributed by atoms with E-state index in [-0.39, 0.29) is 0 Å². The van der Waals surface area contributed by atoms with Crippen LogP contribution >= 0.6 is 0 Å². The van der Waals surface area contributed by atoms with Gasteiger partial charge >= 0.3 is 5.97 Å². The second kappa shape index (κ2) is 16.0. The van der Waals surface area contributed by atoms with Crippen LogP contribution in [0.1, 0.15) is 45.4 Å².